The van der Waals surface area contributed by atoms with E-state index in [4.69, 9.17) is 0 Å². The fourth-order valence-corrected chi connectivity index (χ4v) is 3.69. The molecule has 5 nitrogen and oxygen atoms in total. The second kappa shape index (κ2) is 6.33. The van der Waals surface area contributed by atoms with Crippen LogP contribution in [0.4, 0.5) is 5.69 Å². The van der Waals surface area contributed by atoms with Crippen molar-refractivity contribution < 1.29 is 13.2 Å². The van der Waals surface area contributed by atoms with Gasteiger partial charge in [-0.05, 0) is 55.3 Å². The first-order valence-electron chi connectivity index (χ1n) is 7.13. The van der Waals surface area contributed by atoms with Gasteiger partial charge in [0.1, 0.15) is 0 Å². The number of anilines is 1. The average molecular weight is 395 g/mol. The minimum atomic E-state index is -3.66. The van der Waals surface area contributed by atoms with Crippen molar-refractivity contribution in [1.29, 1.82) is 0 Å². The second-order valence-electron chi connectivity index (χ2n) is 5.39. The topological polar surface area (TPSA) is 75.3 Å². The quantitative estimate of drug-likeness (QED) is 0.817. The van der Waals surface area contributed by atoms with Crippen LogP contribution in [0.1, 0.15) is 23.2 Å². The van der Waals surface area contributed by atoms with E-state index in [1.165, 1.54) is 12.1 Å². The summed E-state index contributed by atoms with van der Waals surface area (Å²) < 4.78 is 27.8. The number of hydrogen-bond acceptors (Lipinski definition) is 3. The number of nitrogens with one attached hydrogen (secondary N) is 2. The first-order chi connectivity index (χ1) is 10.9. The van der Waals surface area contributed by atoms with E-state index >= 15 is 0 Å². The molecule has 23 heavy (non-hydrogen) atoms. The Kier molecular flexibility index (Phi) is 4.41. The fraction of sp³-hybridized carbons (Fsp3) is 0.188. The molecule has 0 heterocycles. The van der Waals surface area contributed by atoms with Crippen LogP contribution < -0.4 is 10.0 Å². The van der Waals surface area contributed by atoms with Crippen LogP contribution in [0, 0.1) is 0 Å². The van der Waals surface area contributed by atoms with E-state index in [-0.39, 0.29) is 16.8 Å². The van der Waals surface area contributed by atoms with Crippen LogP contribution in [0.3, 0.4) is 0 Å². The number of hydrogen-bond donors (Lipinski definition) is 2. The predicted molar refractivity (Wildman–Crippen MR) is 91.9 cm³/mol. The van der Waals surface area contributed by atoms with Crippen LogP contribution in [0.15, 0.2) is 57.9 Å². The summed E-state index contributed by atoms with van der Waals surface area (Å²) in [5.74, 6) is -0.131. The van der Waals surface area contributed by atoms with Crippen molar-refractivity contribution in [2.45, 2.75) is 23.8 Å². The Morgan fingerprint density at radius 3 is 2.39 bits per heavy atom. The summed E-state index contributed by atoms with van der Waals surface area (Å²) in [7, 11) is -3.66. The average Bonchev–Trinajstić information content (AvgIpc) is 3.31. The fourth-order valence-electron chi connectivity index (χ4n) is 2.03. The minimum absolute atomic E-state index is 0.131. The van der Waals surface area contributed by atoms with Gasteiger partial charge in [-0.3, -0.25) is 9.52 Å². The minimum Gasteiger partial charge on any atom is -0.349 e. The van der Waals surface area contributed by atoms with E-state index in [9.17, 15) is 13.2 Å². The smallest absolute Gasteiger partial charge is 0.261 e. The molecule has 0 bridgehead atoms. The number of amides is 1. The molecule has 1 amide bonds. The SMILES string of the molecule is O=C(NC1CC1)c1ccc(NS(=O)(=O)c2cccc(Br)c2)cc1. The van der Waals surface area contributed by atoms with Gasteiger partial charge in [0.15, 0.2) is 0 Å². The Hall–Kier alpha value is -1.86. The molecule has 0 unspecified atom stereocenters. The van der Waals surface area contributed by atoms with Crippen LogP contribution in [-0.2, 0) is 10.0 Å². The van der Waals surface area contributed by atoms with Gasteiger partial charge in [-0.1, -0.05) is 22.0 Å². The summed E-state index contributed by atoms with van der Waals surface area (Å²) in [6, 6.07) is 13.1. The standard InChI is InChI=1S/C16H15BrN2O3S/c17-12-2-1-3-15(10-12)23(21,22)19-14-6-4-11(5-7-14)16(20)18-13-8-9-13/h1-7,10,13,19H,8-9H2,(H,18,20). The summed E-state index contributed by atoms with van der Waals surface area (Å²) in [6.45, 7) is 0. The lowest BCUT2D eigenvalue weighted by atomic mass is 10.2. The number of benzene rings is 2. The molecule has 0 atom stereocenters. The Balaban J connectivity index is 1.73. The highest BCUT2D eigenvalue weighted by Gasteiger charge is 2.23. The van der Waals surface area contributed by atoms with Gasteiger partial charge < -0.3 is 5.32 Å². The van der Waals surface area contributed by atoms with E-state index in [1.54, 1.807) is 36.4 Å². The molecule has 0 spiro atoms. The van der Waals surface area contributed by atoms with Crippen LogP contribution in [-0.4, -0.2) is 20.4 Å². The highest BCUT2D eigenvalue weighted by Crippen LogP contribution is 2.21. The summed E-state index contributed by atoms with van der Waals surface area (Å²) in [6.07, 6.45) is 2.05. The summed E-state index contributed by atoms with van der Waals surface area (Å²) >= 11 is 3.25. The molecule has 120 valence electrons. The molecule has 2 N–H and O–H groups in total. The molecule has 0 aromatic heterocycles. The highest BCUT2D eigenvalue weighted by atomic mass is 79.9. The predicted octanol–water partition coefficient (Wildman–Crippen LogP) is 3.14. The van der Waals surface area contributed by atoms with Crippen molar-refractivity contribution in [3.05, 3.63) is 58.6 Å². The molecule has 3 rings (SSSR count). The number of carbonyl (C=O) groups excluding carboxylic acids is 1. The van der Waals surface area contributed by atoms with Crippen LogP contribution >= 0.6 is 15.9 Å². The largest absolute Gasteiger partial charge is 0.349 e. The zero-order valence-electron chi connectivity index (χ0n) is 12.1. The summed E-state index contributed by atoms with van der Waals surface area (Å²) in [5.41, 5.74) is 0.926. The maximum atomic E-state index is 12.3. The Morgan fingerprint density at radius 1 is 1.09 bits per heavy atom. The van der Waals surface area contributed by atoms with Crippen LogP contribution in [0.5, 0.6) is 0 Å². The monoisotopic (exact) mass is 394 g/mol. The third-order valence-corrected chi connectivity index (χ3v) is 5.29. The molecule has 1 fully saturated rings. The van der Waals surface area contributed by atoms with E-state index < -0.39 is 10.0 Å². The van der Waals surface area contributed by atoms with Crippen molar-refractivity contribution in [3.63, 3.8) is 0 Å². The van der Waals surface area contributed by atoms with Gasteiger partial charge in [-0.25, -0.2) is 8.42 Å². The number of rotatable bonds is 5. The number of halogens is 1. The molecular weight excluding hydrogens is 380 g/mol. The van der Waals surface area contributed by atoms with Gasteiger partial charge in [0.05, 0.1) is 4.90 Å². The van der Waals surface area contributed by atoms with E-state index in [1.807, 2.05) is 0 Å². The number of sulfonamides is 1. The normalized spacial score (nSPS) is 14.3. The molecular formula is C16H15BrN2O3S. The molecule has 1 saturated carbocycles. The first kappa shape index (κ1) is 16.0. The van der Waals surface area contributed by atoms with Gasteiger partial charge in [-0.15, -0.1) is 0 Å². The van der Waals surface area contributed by atoms with Gasteiger partial charge in [0.2, 0.25) is 0 Å². The Morgan fingerprint density at radius 2 is 1.78 bits per heavy atom. The molecule has 0 saturated heterocycles. The molecule has 1 aliphatic carbocycles. The van der Waals surface area contributed by atoms with Gasteiger partial charge in [0, 0.05) is 21.8 Å². The van der Waals surface area contributed by atoms with Gasteiger partial charge >= 0.3 is 0 Å². The maximum absolute atomic E-state index is 12.3. The Labute approximate surface area is 143 Å². The van der Waals surface area contributed by atoms with Crippen molar-refractivity contribution in [3.8, 4) is 0 Å². The lowest BCUT2D eigenvalue weighted by molar-refractivity contribution is 0.0951. The maximum Gasteiger partial charge on any atom is 0.261 e. The third-order valence-electron chi connectivity index (χ3n) is 3.42. The molecule has 2 aromatic carbocycles. The Bertz CT molecular complexity index is 831. The van der Waals surface area contributed by atoms with Crippen LogP contribution in [0.25, 0.3) is 0 Å². The third kappa shape index (κ3) is 4.11. The highest BCUT2D eigenvalue weighted by molar-refractivity contribution is 9.10. The summed E-state index contributed by atoms with van der Waals surface area (Å²) in [5, 5.41) is 2.89. The summed E-state index contributed by atoms with van der Waals surface area (Å²) in [4.78, 5) is 12.1. The van der Waals surface area contributed by atoms with Crippen LogP contribution in [0.2, 0.25) is 0 Å². The van der Waals surface area contributed by atoms with Crippen molar-refractivity contribution in [2.75, 3.05) is 4.72 Å². The van der Waals surface area contributed by atoms with Crippen molar-refractivity contribution in [1.82, 2.24) is 5.32 Å². The van der Waals surface area contributed by atoms with Crippen molar-refractivity contribution >= 4 is 37.5 Å². The van der Waals surface area contributed by atoms with E-state index in [0.29, 0.717) is 15.7 Å². The second-order valence-corrected chi connectivity index (χ2v) is 7.99. The lowest BCUT2D eigenvalue weighted by Crippen LogP contribution is -2.25. The van der Waals surface area contributed by atoms with Gasteiger partial charge in [-0.2, -0.15) is 0 Å². The molecule has 1 aliphatic rings. The zero-order chi connectivity index (χ0) is 16.4. The van der Waals surface area contributed by atoms with Crippen molar-refractivity contribution in [2.24, 2.45) is 0 Å². The van der Waals surface area contributed by atoms with E-state index in [2.05, 4.69) is 26.0 Å². The molecule has 7 heteroatoms. The zero-order valence-corrected chi connectivity index (χ0v) is 14.5. The molecule has 2 aromatic rings. The number of carbonyl (C=O) groups is 1. The van der Waals surface area contributed by atoms with E-state index in [0.717, 1.165) is 12.8 Å². The molecule has 0 aliphatic heterocycles. The lowest BCUT2D eigenvalue weighted by Gasteiger charge is -2.09. The first-order valence-corrected chi connectivity index (χ1v) is 9.41. The van der Waals surface area contributed by atoms with Gasteiger partial charge in [0.25, 0.3) is 15.9 Å². The molecule has 0 radical (unpaired) electrons.